The maximum Gasteiger partial charge on any atom is 0.0950 e. The van der Waals surface area contributed by atoms with Crippen LogP contribution < -0.4 is 11.1 Å². The second-order valence-electron chi connectivity index (χ2n) is 5.76. The van der Waals surface area contributed by atoms with Crippen molar-refractivity contribution in [3.63, 3.8) is 0 Å². The number of anilines is 1. The van der Waals surface area contributed by atoms with Crippen molar-refractivity contribution >= 4 is 16.6 Å². The van der Waals surface area contributed by atoms with Crippen LogP contribution in [0, 0.1) is 5.92 Å². The summed E-state index contributed by atoms with van der Waals surface area (Å²) >= 11 is 0. The number of benzene rings is 1. The second kappa shape index (κ2) is 5.53. The van der Waals surface area contributed by atoms with Gasteiger partial charge in [-0.3, -0.25) is 0 Å². The Morgan fingerprint density at radius 2 is 2.05 bits per heavy atom. The van der Waals surface area contributed by atoms with Crippen molar-refractivity contribution in [2.75, 3.05) is 11.9 Å². The van der Waals surface area contributed by atoms with Gasteiger partial charge in [-0.25, -0.2) is 0 Å². The molecule has 0 radical (unpaired) electrons. The average molecular weight is 258 g/mol. The summed E-state index contributed by atoms with van der Waals surface area (Å²) < 4.78 is 0. The molecule has 4 heteroatoms. The number of nitrogens with two attached hydrogens (primary N) is 1. The Kier molecular flexibility index (Phi) is 4.00. The summed E-state index contributed by atoms with van der Waals surface area (Å²) in [5.41, 5.74) is 7.72. The summed E-state index contributed by atoms with van der Waals surface area (Å²) in [6.45, 7) is 7.15. The molecule has 1 aromatic carbocycles. The summed E-state index contributed by atoms with van der Waals surface area (Å²) in [6, 6.07) is 8.00. The molecule has 0 aliphatic carbocycles. The molecule has 102 valence electrons. The smallest absolute Gasteiger partial charge is 0.0950 e. The predicted octanol–water partition coefficient (Wildman–Crippen LogP) is 2.81. The molecular weight excluding hydrogens is 236 g/mol. The lowest BCUT2D eigenvalue weighted by molar-refractivity contribution is 0.407. The molecule has 1 aromatic heterocycles. The van der Waals surface area contributed by atoms with Crippen molar-refractivity contribution in [3.05, 3.63) is 30.5 Å². The Bertz CT molecular complexity index is 547. The molecule has 2 rings (SSSR count). The summed E-state index contributed by atoms with van der Waals surface area (Å²) in [6.07, 6.45) is 2.79. The Morgan fingerprint density at radius 3 is 2.74 bits per heavy atom. The van der Waals surface area contributed by atoms with E-state index in [9.17, 15) is 0 Å². The summed E-state index contributed by atoms with van der Waals surface area (Å²) in [5, 5.41) is 12.8. The summed E-state index contributed by atoms with van der Waals surface area (Å²) in [4.78, 5) is 0. The van der Waals surface area contributed by atoms with Gasteiger partial charge in [0.2, 0.25) is 0 Å². The van der Waals surface area contributed by atoms with Crippen LogP contribution in [0.2, 0.25) is 0 Å². The van der Waals surface area contributed by atoms with Gasteiger partial charge < -0.3 is 11.1 Å². The fourth-order valence-corrected chi connectivity index (χ4v) is 2.52. The molecule has 1 atom stereocenters. The number of rotatable bonds is 5. The standard InChI is InChI=1S/C15H22N4/c1-11(2)8-15(3,10-16)18-14-9-17-19-13-7-5-4-6-12(13)14/h4-7,9,11H,8,10,16H2,1-3H3,(H,18,19). The number of nitrogens with one attached hydrogen (secondary N) is 1. The highest BCUT2D eigenvalue weighted by molar-refractivity contribution is 5.90. The highest BCUT2D eigenvalue weighted by Crippen LogP contribution is 2.26. The first-order chi connectivity index (χ1) is 9.04. The lowest BCUT2D eigenvalue weighted by atomic mass is 9.90. The number of fused-ring (bicyclic) bond motifs is 1. The molecule has 0 bridgehead atoms. The molecular formula is C15H22N4. The average Bonchev–Trinajstić information content (AvgIpc) is 2.38. The van der Waals surface area contributed by atoms with Gasteiger partial charge in [-0.2, -0.15) is 10.2 Å². The second-order valence-corrected chi connectivity index (χ2v) is 5.76. The van der Waals surface area contributed by atoms with Crippen molar-refractivity contribution in [2.24, 2.45) is 11.7 Å². The van der Waals surface area contributed by atoms with Gasteiger partial charge in [0.25, 0.3) is 0 Å². The maximum atomic E-state index is 5.95. The van der Waals surface area contributed by atoms with E-state index in [1.165, 1.54) is 0 Å². The van der Waals surface area contributed by atoms with E-state index in [1.54, 1.807) is 6.20 Å². The van der Waals surface area contributed by atoms with Crippen LogP contribution >= 0.6 is 0 Å². The van der Waals surface area contributed by atoms with E-state index >= 15 is 0 Å². The molecule has 0 aliphatic rings. The minimum Gasteiger partial charge on any atom is -0.377 e. The van der Waals surface area contributed by atoms with Gasteiger partial charge in [0.15, 0.2) is 0 Å². The first-order valence-corrected chi connectivity index (χ1v) is 6.73. The van der Waals surface area contributed by atoms with E-state index < -0.39 is 0 Å². The third-order valence-electron chi connectivity index (χ3n) is 3.29. The zero-order chi connectivity index (χ0) is 13.9. The Hall–Kier alpha value is -1.68. The van der Waals surface area contributed by atoms with E-state index in [1.807, 2.05) is 18.2 Å². The third kappa shape index (κ3) is 3.20. The Balaban J connectivity index is 2.34. The number of hydrogen-bond donors (Lipinski definition) is 2. The van der Waals surface area contributed by atoms with Crippen LogP contribution in [-0.4, -0.2) is 22.3 Å². The van der Waals surface area contributed by atoms with Crippen LogP contribution in [0.1, 0.15) is 27.2 Å². The maximum absolute atomic E-state index is 5.95. The zero-order valence-corrected chi connectivity index (χ0v) is 11.9. The lowest BCUT2D eigenvalue weighted by Gasteiger charge is -2.32. The van der Waals surface area contributed by atoms with Gasteiger partial charge in [-0.05, 0) is 25.3 Å². The summed E-state index contributed by atoms with van der Waals surface area (Å²) in [7, 11) is 0. The molecule has 0 amide bonds. The normalized spacial score (nSPS) is 14.6. The molecule has 4 nitrogen and oxygen atoms in total. The molecule has 2 aromatic rings. The first kappa shape index (κ1) is 13.7. The van der Waals surface area contributed by atoms with E-state index in [0.717, 1.165) is 23.0 Å². The van der Waals surface area contributed by atoms with E-state index in [-0.39, 0.29) is 5.54 Å². The number of nitrogens with zero attached hydrogens (tertiary/aromatic N) is 2. The molecule has 3 N–H and O–H groups in total. The van der Waals surface area contributed by atoms with Crippen LogP contribution in [0.5, 0.6) is 0 Å². The fraction of sp³-hybridized carbons (Fsp3) is 0.467. The molecule has 0 fully saturated rings. The first-order valence-electron chi connectivity index (χ1n) is 6.73. The monoisotopic (exact) mass is 258 g/mol. The van der Waals surface area contributed by atoms with Crippen molar-refractivity contribution in [1.29, 1.82) is 0 Å². The van der Waals surface area contributed by atoms with Crippen LogP contribution in [0.25, 0.3) is 10.9 Å². The topological polar surface area (TPSA) is 63.8 Å². The molecule has 1 heterocycles. The molecule has 0 saturated carbocycles. The third-order valence-corrected chi connectivity index (χ3v) is 3.29. The Morgan fingerprint density at radius 1 is 1.32 bits per heavy atom. The van der Waals surface area contributed by atoms with Crippen molar-refractivity contribution < 1.29 is 0 Å². The Labute approximate surface area is 114 Å². The number of aromatic nitrogens is 2. The van der Waals surface area contributed by atoms with Crippen LogP contribution in [-0.2, 0) is 0 Å². The fourth-order valence-electron chi connectivity index (χ4n) is 2.52. The van der Waals surface area contributed by atoms with Gasteiger partial charge in [0.1, 0.15) is 0 Å². The van der Waals surface area contributed by atoms with Crippen molar-refractivity contribution in [1.82, 2.24) is 10.2 Å². The van der Waals surface area contributed by atoms with Crippen LogP contribution in [0.3, 0.4) is 0 Å². The molecule has 0 spiro atoms. The SMILES string of the molecule is CC(C)CC(C)(CN)Nc1cnnc2ccccc12. The highest BCUT2D eigenvalue weighted by atomic mass is 15.1. The van der Waals surface area contributed by atoms with E-state index in [4.69, 9.17) is 5.73 Å². The minimum atomic E-state index is -0.125. The number of hydrogen-bond acceptors (Lipinski definition) is 4. The predicted molar refractivity (Wildman–Crippen MR) is 80.1 cm³/mol. The highest BCUT2D eigenvalue weighted by Gasteiger charge is 2.24. The van der Waals surface area contributed by atoms with Crippen molar-refractivity contribution in [2.45, 2.75) is 32.7 Å². The summed E-state index contributed by atoms with van der Waals surface area (Å²) in [5.74, 6) is 0.585. The molecule has 1 unspecified atom stereocenters. The van der Waals surface area contributed by atoms with E-state index in [0.29, 0.717) is 12.5 Å². The molecule has 0 aliphatic heterocycles. The van der Waals surface area contributed by atoms with Gasteiger partial charge in [0.05, 0.1) is 17.4 Å². The molecule has 0 saturated heterocycles. The van der Waals surface area contributed by atoms with Gasteiger partial charge in [0, 0.05) is 17.5 Å². The van der Waals surface area contributed by atoms with Crippen LogP contribution in [0.4, 0.5) is 5.69 Å². The largest absolute Gasteiger partial charge is 0.377 e. The molecule has 19 heavy (non-hydrogen) atoms. The zero-order valence-electron chi connectivity index (χ0n) is 11.9. The minimum absolute atomic E-state index is 0.125. The van der Waals surface area contributed by atoms with Crippen molar-refractivity contribution in [3.8, 4) is 0 Å². The quantitative estimate of drug-likeness (QED) is 0.865. The van der Waals surface area contributed by atoms with E-state index in [2.05, 4.69) is 42.4 Å². The lowest BCUT2D eigenvalue weighted by Crippen LogP contribution is -2.43. The van der Waals surface area contributed by atoms with Gasteiger partial charge in [-0.1, -0.05) is 32.0 Å². The van der Waals surface area contributed by atoms with Gasteiger partial charge in [-0.15, -0.1) is 0 Å². The van der Waals surface area contributed by atoms with Crippen LogP contribution in [0.15, 0.2) is 30.5 Å². The van der Waals surface area contributed by atoms with Gasteiger partial charge >= 0.3 is 0 Å².